The number of nitrogens with one attached hydrogen (secondary N) is 1. The van der Waals surface area contributed by atoms with Crippen LogP contribution in [0.15, 0.2) is 59.0 Å². The van der Waals surface area contributed by atoms with E-state index in [4.69, 9.17) is 4.74 Å². The standard InChI is InChI=1S/C18H14F3N3O2S/c1-25-16-9-14(26-18(19,20)21)8-7-13(16)10-22-24-17-23-15(11-27-17)12-5-3-2-4-6-12/h2-11H,1H3,(H,23,24). The van der Waals surface area contributed by atoms with Crippen molar-refractivity contribution in [2.45, 2.75) is 6.36 Å². The SMILES string of the molecule is COc1cc(OC(F)(F)F)ccc1C=NNc1nc(-c2ccccc2)cs1. The van der Waals surface area contributed by atoms with E-state index < -0.39 is 6.36 Å². The molecule has 140 valence electrons. The van der Waals surface area contributed by atoms with Crippen LogP contribution in [0.2, 0.25) is 0 Å². The van der Waals surface area contributed by atoms with Crippen molar-refractivity contribution in [1.82, 2.24) is 4.98 Å². The van der Waals surface area contributed by atoms with Crippen LogP contribution in [0.1, 0.15) is 5.56 Å². The van der Waals surface area contributed by atoms with Gasteiger partial charge >= 0.3 is 6.36 Å². The first kappa shape index (κ1) is 18.7. The molecule has 0 amide bonds. The van der Waals surface area contributed by atoms with Gasteiger partial charge in [0, 0.05) is 22.6 Å². The molecule has 0 atom stereocenters. The molecule has 0 saturated carbocycles. The molecule has 3 rings (SSSR count). The highest BCUT2D eigenvalue weighted by Gasteiger charge is 2.31. The van der Waals surface area contributed by atoms with Gasteiger partial charge in [-0.2, -0.15) is 5.10 Å². The first-order chi connectivity index (χ1) is 12.9. The Morgan fingerprint density at radius 2 is 1.93 bits per heavy atom. The maximum absolute atomic E-state index is 12.3. The van der Waals surface area contributed by atoms with Crippen LogP contribution in [0.5, 0.6) is 11.5 Å². The molecule has 0 unspecified atom stereocenters. The summed E-state index contributed by atoms with van der Waals surface area (Å²) in [6.45, 7) is 0. The van der Waals surface area contributed by atoms with Crippen molar-refractivity contribution >= 4 is 22.7 Å². The summed E-state index contributed by atoms with van der Waals surface area (Å²) in [6, 6.07) is 13.5. The number of halogens is 3. The summed E-state index contributed by atoms with van der Waals surface area (Å²) in [7, 11) is 1.35. The molecule has 27 heavy (non-hydrogen) atoms. The number of aromatic nitrogens is 1. The Balaban J connectivity index is 1.68. The Kier molecular flexibility index (Phi) is 5.60. The van der Waals surface area contributed by atoms with Crippen molar-refractivity contribution in [3.63, 3.8) is 0 Å². The summed E-state index contributed by atoms with van der Waals surface area (Å²) in [5.41, 5.74) is 5.10. The summed E-state index contributed by atoms with van der Waals surface area (Å²) < 4.78 is 45.8. The van der Waals surface area contributed by atoms with Gasteiger partial charge in [-0.15, -0.1) is 24.5 Å². The molecule has 1 heterocycles. The normalized spacial score (nSPS) is 11.6. The van der Waals surface area contributed by atoms with Crippen LogP contribution >= 0.6 is 11.3 Å². The molecular weight excluding hydrogens is 379 g/mol. The monoisotopic (exact) mass is 393 g/mol. The smallest absolute Gasteiger partial charge is 0.496 e. The number of alkyl halides is 3. The minimum Gasteiger partial charge on any atom is -0.496 e. The number of hydrazone groups is 1. The van der Waals surface area contributed by atoms with Crippen LogP contribution in [0, 0.1) is 0 Å². The van der Waals surface area contributed by atoms with E-state index in [9.17, 15) is 13.2 Å². The second-order valence-corrected chi connectivity index (χ2v) is 6.08. The van der Waals surface area contributed by atoms with E-state index in [0.717, 1.165) is 17.3 Å². The highest BCUT2D eigenvalue weighted by Crippen LogP contribution is 2.28. The maximum Gasteiger partial charge on any atom is 0.573 e. The van der Waals surface area contributed by atoms with E-state index in [0.29, 0.717) is 10.7 Å². The minimum atomic E-state index is -4.76. The third kappa shape index (κ3) is 5.20. The lowest BCUT2D eigenvalue weighted by Crippen LogP contribution is -2.17. The molecule has 0 fully saturated rings. The molecule has 1 aromatic heterocycles. The van der Waals surface area contributed by atoms with Crippen molar-refractivity contribution in [3.8, 4) is 22.8 Å². The Morgan fingerprint density at radius 3 is 2.63 bits per heavy atom. The van der Waals surface area contributed by atoms with Gasteiger partial charge < -0.3 is 9.47 Å². The van der Waals surface area contributed by atoms with E-state index in [1.54, 1.807) is 0 Å². The number of thiazole rings is 1. The van der Waals surface area contributed by atoms with Gasteiger partial charge in [0.25, 0.3) is 0 Å². The summed E-state index contributed by atoms with van der Waals surface area (Å²) >= 11 is 1.39. The van der Waals surface area contributed by atoms with Gasteiger partial charge in [-0.3, -0.25) is 5.43 Å². The third-order valence-corrected chi connectivity index (χ3v) is 4.12. The molecule has 3 aromatic rings. The lowest BCUT2D eigenvalue weighted by molar-refractivity contribution is -0.274. The molecule has 0 aliphatic heterocycles. The van der Waals surface area contributed by atoms with Gasteiger partial charge in [-0.25, -0.2) is 4.98 Å². The average molecular weight is 393 g/mol. The quantitative estimate of drug-likeness (QED) is 0.464. The second kappa shape index (κ2) is 8.09. The summed E-state index contributed by atoms with van der Waals surface area (Å²) in [4.78, 5) is 4.43. The van der Waals surface area contributed by atoms with E-state index in [2.05, 4.69) is 20.2 Å². The van der Waals surface area contributed by atoms with Crippen LogP contribution in [0.3, 0.4) is 0 Å². The number of ether oxygens (including phenoxy) is 2. The predicted octanol–water partition coefficient (Wildman–Crippen LogP) is 5.16. The van der Waals surface area contributed by atoms with Crippen LogP contribution in [0.25, 0.3) is 11.3 Å². The Morgan fingerprint density at radius 1 is 1.15 bits per heavy atom. The number of methoxy groups -OCH3 is 1. The fourth-order valence-corrected chi connectivity index (χ4v) is 2.89. The lowest BCUT2D eigenvalue weighted by Gasteiger charge is -2.11. The molecule has 0 aliphatic rings. The molecule has 1 N–H and O–H groups in total. The number of hydrogen-bond donors (Lipinski definition) is 1. The van der Waals surface area contributed by atoms with Gasteiger partial charge in [-0.1, -0.05) is 30.3 Å². The average Bonchev–Trinajstić information content (AvgIpc) is 3.11. The fourth-order valence-electron chi connectivity index (χ4n) is 2.22. The molecule has 0 bridgehead atoms. The highest BCUT2D eigenvalue weighted by molar-refractivity contribution is 7.14. The van der Waals surface area contributed by atoms with Crippen LogP contribution in [-0.4, -0.2) is 24.7 Å². The topological polar surface area (TPSA) is 55.7 Å². The lowest BCUT2D eigenvalue weighted by atomic mass is 10.2. The third-order valence-electron chi connectivity index (χ3n) is 3.38. The summed E-state index contributed by atoms with van der Waals surface area (Å²) in [5, 5.41) is 6.55. The van der Waals surface area contributed by atoms with Gasteiger partial charge in [-0.05, 0) is 12.1 Å². The zero-order valence-electron chi connectivity index (χ0n) is 14.0. The largest absolute Gasteiger partial charge is 0.573 e. The maximum atomic E-state index is 12.3. The van der Waals surface area contributed by atoms with Crippen molar-refractivity contribution in [1.29, 1.82) is 0 Å². The number of nitrogens with zero attached hydrogens (tertiary/aromatic N) is 2. The first-order valence-electron chi connectivity index (χ1n) is 7.68. The summed E-state index contributed by atoms with van der Waals surface area (Å²) in [6.07, 6.45) is -3.33. The van der Waals surface area contributed by atoms with Crippen molar-refractivity contribution in [2.24, 2.45) is 5.10 Å². The number of hydrogen-bond acceptors (Lipinski definition) is 6. The Bertz CT molecular complexity index is 927. The Hall–Kier alpha value is -3.07. The fraction of sp³-hybridized carbons (Fsp3) is 0.111. The summed E-state index contributed by atoms with van der Waals surface area (Å²) in [5.74, 6) is -0.164. The van der Waals surface area contributed by atoms with E-state index in [1.165, 1.54) is 36.8 Å². The molecule has 5 nitrogen and oxygen atoms in total. The Labute approximate surface area is 157 Å². The van der Waals surface area contributed by atoms with Crippen molar-refractivity contribution < 1.29 is 22.6 Å². The zero-order chi connectivity index (χ0) is 19.3. The predicted molar refractivity (Wildman–Crippen MR) is 98.4 cm³/mol. The van der Waals surface area contributed by atoms with Crippen molar-refractivity contribution in [3.05, 3.63) is 59.5 Å². The van der Waals surface area contributed by atoms with E-state index >= 15 is 0 Å². The van der Waals surface area contributed by atoms with Crippen molar-refractivity contribution in [2.75, 3.05) is 12.5 Å². The van der Waals surface area contributed by atoms with Gasteiger partial charge in [0.05, 0.1) is 19.0 Å². The molecule has 2 aromatic carbocycles. The van der Waals surface area contributed by atoms with Crippen LogP contribution < -0.4 is 14.9 Å². The zero-order valence-corrected chi connectivity index (χ0v) is 14.8. The highest BCUT2D eigenvalue weighted by atomic mass is 32.1. The van der Waals surface area contributed by atoms with E-state index in [-0.39, 0.29) is 11.5 Å². The molecule has 9 heteroatoms. The van der Waals surface area contributed by atoms with Gasteiger partial charge in [0.15, 0.2) is 0 Å². The van der Waals surface area contributed by atoms with Gasteiger partial charge in [0.1, 0.15) is 11.5 Å². The number of anilines is 1. The number of rotatable bonds is 6. The molecule has 0 spiro atoms. The van der Waals surface area contributed by atoms with Crippen LogP contribution in [0.4, 0.5) is 18.3 Å². The minimum absolute atomic E-state index is 0.200. The molecule has 0 aliphatic carbocycles. The number of benzene rings is 2. The van der Waals surface area contributed by atoms with E-state index in [1.807, 2.05) is 35.7 Å². The van der Waals surface area contributed by atoms with Crippen LogP contribution in [-0.2, 0) is 0 Å². The molecule has 0 radical (unpaired) electrons. The molecule has 0 saturated heterocycles. The first-order valence-corrected chi connectivity index (χ1v) is 8.56. The second-order valence-electron chi connectivity index (χ2n) is 5.23. The molecular formula is C18H14F3N3O2S. The van der Waals surface area contributed by atoms with Gasteiger partial charge in [0.2, 0.25) is 5.13 Å².